The van der Waals surface area contributed by atoms with E-state index in [0.717, 1.165) is 49.4 Å². The molecule has 1 N–H and O–H groups in total. The maximum absolute atomic E-state index is 12.6. The maximum atomic E-state index is 12.6. The monoisotopic (exact) mass is 445 g/mol. The van der Waals surface area contributed by atoms with E-state index < -0.39 is 0 Å². The molecule has 0 aliphatic heterocycles. The second-order valence-electron chi connectivity index (χ2n) is 12.1. The van der Waals surface area contributed by atoms with Crippen molar-refractivity contribution in [2.75, 3.05) is 13.7 Å². The molecule has 1 amide bonds. The summed E-state index contributed by atoms with van der Waals surface area (Å²) in [6.45, 7) is 10.3. The topological polar surface area (TPSA) is 49.8 Å². The van der Waals surface area contributed by atoms with Crippen molar-refractivity contribution in [3.05, 3.63) is 11.6 Å². The minimum Gasteiger partial charge on any atom is -0.393 e. The Bertz CT molecular complexity index is 719. The van der Waals surface area contributed by atoms with Crippen LogP contribution in [0.4, 0.5) is 0 Å². The van der Waals surface area contributed by atoms with Gasteiger partial charge in [0.05, 0.1) is 13.2 Å². The van der Waals surface area contributed by atoms with E-state index in [2.05, 4.69) is 33.8 Å². The van der Waals surface area contributed by atoms with Crippen LogP contribution in [0.5, 0.6) is 0 Å². The van der Waals surface area contributed by atoms with E-state index in [1.165, 1.54) is 38.5 Å². The molecule has 182 valence electrons. The molecule has 4 rings (SSSR count). The van der Waals surface area contributed by atoms with Crippen molar-refractivity contribution in [2.45, 2.75) is 104 Å². The van der Waals surface area contributed by atoms with Gasteiger partial charge in [-0.2, -0.15) is 0 Å². The highest BCUT2D eigenvalue weighted by Crippen LogP contribution is 2.67. The van der Waals surface area contributed by atoms with Gasteiger partial charge in [0.1, 0.15) is 0 Å². The molecule has 3 fully saturated rings. The van der Waals surface area contributed by atoms with Crippen molar-refractivity contribution >= 4 is 5.91 Å². The van der Waals surface area contributed by atoms with Crippen molar-refractivity contribution in [3.8, 4) is 0 Å². The van der Waals surface area contributed by atoms with Gasteiger partial charge in [-0.15, -0.1) is 0 Å². The Morgan fingerprint density at radius 2 is 2.00 bits per heavy atom. The lowest BCUT2D eigenvalue weighted by Crippen LogP contribution is -2.50. The molecule has 0 heterocycles. The third-order valence-corrected chi connectivity index (χ3v) is 10.6. The van der Waals surface area contributed by atoms with Crippen molar-refractivity contribution in [1.82, 2.24) is 5.06 Å². The number of hydroxylamine groups is 2. The third-order valence-electron chi connectivity index (χ3n) is 10.6. The number of aliphatic hydroxyl groups excluding tert-OH is 1. The van der Waals surface area contributed by atoms with Crippen LogP contribution in [0.25, 0.3) is 0 Å². The summed E-state index contributed by atoms with van der Waals surface area (Å²) in [5, 5.41) is 11.8. The zero-order chi connectivity index (χ0) is 23.1. The summed E-state index contributed by atoms with van der Waals surface area (Å²) in [4.78, 5) is 17.9. The Morgan fingerprint density at radius 1 is 1.22 bits per heavy atom. The van der Waals surface area contributed by atoms with Crippen molar-refractivity contribution in [2.24, 2.45) is 40.4 Å². The first-order valence-electron chi connectivity index (χ1n) is 13.5. The molecule has 1 unspecified atom stereocenters. The Balaban J connectivity index is 1.43. The minimum atomic E-state index is -0.120. The fourth-order valence-electron chi connectivity index (χ4n) is 8.81. The van der Waals surface area contributed by atoms with Crippen LogP contribution in [0, 0.1) is 40.4 Å². The molecule has 4 aliphatic rings. The number of rotatable bonds is 7. The average molecular weight is 446 g/mol. The van der Waals surface area contributed by atoms with E-state index >= 15 is 0 Å². The first-order chi connectivity index (χ1) is 15.2. The normalized spacial score (nSPS) is 41.8. The molecule has 0 aromatic carbocycles. The zero-order valence-corrected chi connectivity index (χ0v) is 21.2. The maximum Gasteiger partial charge on any atom is 0.246 e. The summed E-state index contributed by atoms with van der Waals surface area (Å²) < 4.78 is 0. The Labute approximate surface area is 196 Å². The first-order valence-corrected chi connectivity index (χ1v) is 13.5. The highest BCUT2D eigenvalue weighted by molar-refractivity contribution is 5.75. The van der Waals surface area contributed by atoms with Crippen LogP contribution in [-0.4, -0.2) is 35.8 Å². The van der Waals surface area contributed by atoms with Gasteiger partial charge < -0.3 is 5.11 Å². The van der Waals surface area contributed by atoms with Crippen LogP contribution >= 0.6 is 0 Å². The number of carbonyl (C=O) groups is 1. The quantitative estimate of drug-likeness (QED) is 0.378. The summed E-state index contributed by atoms with van der Waals surface area (Å²) in [6.07, 6.45) is 14.6. The van der Waals surface area contributed by atoms with Gasteiger partial charge in [-0.25, -0.2) is 5.06 Å². The van der Waals surface area contributed by atoms with E-state index in [1.54, 1.807) is 17.7 Å². The summed E-state index contributed by atoms with van der Waals surface area (Å²) in [5.74, 6) is 3.89. The Kier molecular flexibility index (Phi) is 7.13. The first kappa shape index (κ1) is 24.3. The van der Waals surface area contributed by atoms with E-state index in [1.807, 2.05) is 0 Å². The van der Waals surface area contributed by atoms with Crippen LogP contribution in [0.1, 0.15) is 98.3 Å². The molecule has 0 radical (unpaired) electrons. The third kappa shape index (κ3) is 4.08. The van der Waals surface area contributed by atoms with E-state index in [9.17, 15) is 9.90 Å². The van der Waals surface area contributed by atoms with Gasteiger partial charge in [0.15, 0.2) is 0 Å². The molecule has 4 heteroatoms. The molecule has 32 heavy (non-hydrogen) atoms. The second-order valence-corrected chi connectivity index (χ2v) is 12.1. The molecule has 4 nitrogen and oxygen atoms in total. The van der Waals surface area contributed by atoms with E-state index in [0.29, 0.717) is 29.7 Å². The number of fused-ring (bicyclic) bond motifs is 5. The highest BCUT2D eigenvalue weighted by Gasteiger charge is 2.59. The number of allylic oxidation sites excluding steroid dienone is 1. The highest BCUT2D eigenvalue weighted by atomic mass is 16.7. The molecule has 4 aliphatic carbocycles. The molecular weight excluding hydrogens is 398 g/mol. The summed E-state index contributed by atoms with van der Waals surface area (Å²) in [6, 6.07) is 0. The van der Waals surface area contributed by atoms with Gasteiger partial charge in [0.25, 0.3) is 0 Å². The van der Waals surface area contributed by atoms with Gasteiger partial charge in [-0.05, 0) is 105 Å². The fraction of sp³-hybridized carbons (Fsp3) is 0.893. The van der Waals surface area contributed by atoms with Crippen molar-refractivity contribution in [3.63, 3.8) is 0 Å². The number of nitrogens with zero attached hydrogens (tertiary/aromatic N) is 1. The van der Waals surface area contributed by atoms with Gasteiger partial charge in [-0.1, -0.05) is 39.3 Å². The SMILES string of the molecule is CCCN(OC)C(=O)CCC(C)[C@H]1CC[C@H]2[C@@H]3CC=C4C[C@@H](O)CC[C@]4(C)[C@H]3CC[C@]12C. The minimum absolute atomic E-state index is 0.120. The zero-order valence-electron chi connectivity index (χ0n) is 21.2. The second kappa shape index (κ2) is 9.41. The lowest BCUT2D eigenvalue weighted by molar-refractivity contribution is -0.176. The van der Waals surface area contributed by atoms with Crippen molar-refractivity contribution < 1.29 is 14.7 Å². The number of aliphatic hydroxyl groups is 1. The van der Waals surface area contributed by atoms with Crippen LogP contribution in [0.2, 0.25) is 0 Å². The Hall–Kier alpha value is -0.870. The predicted molar refractivity (Wildman–Crippen MR) is 129 cm³/mol. The number of hydrogen-bond acceptors (Lipinski definition) is 3. The van der Waals surface area contributed by atoms with Gasteiger partial charge in [0, 0.05) is 13.0 Å². The molecular formula is C28H47NO3. The lowest BCUT2D eigenvalue weighted by atomic mass is 9.47. The van der Waals surface area contributed by atoms with Crippen molar-refractivity contribution in [1.29, 1.82) is 0 Å². The molecule has 0 bridgehead atoms. The van der Waals surface area contributed by atoms with Crippen LogP contribution in [0.15, 0.2) is 11.6 Å². The number of carbonyl (C=O) groups excluding carboxylic acids is 1. The average Bonchev–Trinajstić information content (AvgIpc) is 3.13. The number of amides is 1. The Morgan fingerprint density at radius 3 is 2.72 bits per heavy atom. The van der Waals surface area contributed by atoms with Crippen LogP contribution < -0.4 is 0 Å². The largest absolute Gasteiger partial charge is 0.393 e. The summed E-state index contributed by atoms with van der Waals surface area (Å²) in [5.41, 5.74) is 2.31. The lowest BCUT2D eigenvalue weighted by Gasteiger charge is -2.58. The molecule has 3 saturated carbocycles. The smallest absolute Gasteiger partial charge is 0.246 e. The fourth-order valence-corrected chi connectivity index (χ4v) is 8.81. The summed E-state index contributed by atoms with van der Waals surface area (Å²) >= 11 is 0. The van der Waals surface area contributed by atoms with Gasteiger partial charge in [-0.3, -0.25) is 9.63 Å². The molecule has 8 atom stereocenters. The van der Waals surface area contributed by atoms with E-state index in [-0.39, 0.29) is 12.0 Å². The van der Waals surface area contributed by atoms with Gasteiger partial charge in [0.2, 0.25) is 5.91 Å². The molecule has 0 spiro atoms. The predicted octanol–water partition coefficient (Wildman–Crippen LogP) is 6.14. The summed E-state index contributed by atoms with van der Waals surface area (Å²) in [7, 11) is 1.61. The number of hydrogen-bond donors (Lipinski definition) is 1. The standard InChI is InChI=1S/C28H47NO3/c1-6-17-29(32-5)26(31)12-7-19(2)23-10-11-24-22-9-8-20-18-21(30)13-15-27(20,3)25(22)14-16-28(23,24)4/h8,19,21-25,30H,6-7,9-18H2,1-5H3/t19?,21-,22-,23+,24-,25-,27-,28+/m0/s1. The molecule has 0 saturated heterocycles. The molecule has 0 aromatic rings. The van der Waals surface area contributed by atoms with Crippen LogP contribution in [0.3, 0.4) is 0 Å². The van der Waals surface area contributed by atoms with Gasteiger partial charge >= 0.3 is 0 Å². The van der Waals surface area contributed by atoms with E-state index in [4.69, 9.17) is 4.84 Å². The molecule has 0 aromatic heterocycles. The van der Waals surface area contributed by atoms with Crippen LogP contribution in [-0.2, 0) is 9.63 Å².